The van der Waals surface area contributed by atoms with Crippen molar-refractivity contribution in [3.8, 4) is 5.75 Å². The third-order valence-electron chi connectivity index (χ3n) is 8.31. The minimum atomic E-state index is -4.85. The van der Waals surface area contributed by atoms with Crippen LogP contribution in [0.15, 0.2) is 67.0 Å². The molecule has 0 aliphatic carbocycles. The fraction of sp³-hybridized carbons (Fsp3) is 0.394. The highest BCUT2D eigenvalue weighted by Crippen LogP contribution is 2.36. The van der Waals surface area contributed by atoms with E-state index < -0.39 is 59.1 Å². The molecule has 5 rings (SSSR count). The first kappa shape index (κ1) is 35.3. The summed E-state index contributed by atoms with van der Waals surface area (Å²) in [6.45, 7) is 2.38. The average molecular weight is 694 g/mol. The summed E-state index contributed by atoms with van der Waals surface area (Å²) >= 11 is 0. The predicted molar refractivity (Wildman–Crippen MR) is 165 cm³/mol. The molecule has 262 valence electrons. The fourth-order valence-corrected chi connectivity index (χ4v) is 5.99. The zero-order valence-corrected chi connectivity index (χ0v) is 26.3. The number of carbonyl (C=O) groups is 3. The number of carbonyl (C=O) groups excluding carboxylic acids is 3. The van der Waals surface area contributed by atoms with Crippen molar-refractivity contribution in [1.82, 2.24) is 14.8 Å². The van der Waals surface area contributed by atoms with E-state index in [-0.39, 0.29) is 44.8 Å². The fourth-order valence-electron chi connectivity index (χ4n) is 5.99. The van der Waals surface area contributed by atoms with Crippen LogP contribution in [0.25, 0.3) is 0 Å². The van der Waals surface area contributed by atoms with Crippen molar-refractivity contribution >= 4 is 29.3 Å². The molecule has 2 fully saturated rings. The number of nitrogens with one attached hydrogen (secondary N) is 1. The van der Waals surface area contributed by atoms with Crippen LogP contribution in [0.2, 0.25) is 0 Å². The van der Waals surface area contributed by atoms with Crippen molar-refractivity contribution in [3.63, 3.8) is 0 Å². The lowest BCUT2D eigenvalue weighted by Gasteiger charge is -2.45. The number of benzene rings is 2. The molecule has 3 heterocycles. The molecule has 2 aliphatic rings. The smallest absolute Gasteiger partial charge is 0.417 e. The second-order valence-corrected chi connectivity index (χ2v) is 11.5. The maximum Gasteiger partial charge on any atom is 0.417 e. The van der Waals surface area contributed by atoms with Gasteiger partial charge < -0.3 is 24.2 Å². The van der Waals surface area contributed by atoms with Crippen LogP contribution in [0.5, 0.6) is 5.75 Å². The van der Waals surface area contributed by atoms with Gasteiger partial charge in [-0.3, -0.25) is 19.9 Å². The van der Waals surface area contributed by atoms with Gasteiger partial charge in [0.15, 0.2) is 0 Å². The number of hydrogen-bond donors (Lipinski definition) is 1. The maximum atomic E-state index is 14.4. The van der Waals surface area contributed by atoms with Crippen LogP contribution in [0, 0.1) is 0 Å². The molecule has 2 aromatic carbocycles. The number of nitrogens with zero attached hydrogens (tertiary/aromatic N) is 4. The van der Waals surface area contributed by atoms with E-state index in [1.807, 2.05) is 4.90 Å². The molecule has 49 heavy (non-hydrogen) atoms. The lowest BCUT2D eigenvalue weighted by molar-refractivity contribution is -0.153. The van der Waals surface area contributed by atoms with Crippen molar-refractivity contribution in [2.45, 2.75) is 37.7 Å². The zero-order chi connectivity index (χ0) is 35.4. The number of pyridine rings is 1. The lowest BCUT2D eigenvalue weighted by Crippen LogP contribution is -2.64. The van der Waals surface area contributed by atoms with Gasteiger partial charge in [0.1, 0.15) is 5.75 Å². The summed E-state index contributed by atoms with van der Waals surface area (Å²) in [6, 6.07) is 11.4. The molecule has 0 bridgehead atoms. The van der Waals surface area contributed by atoms with Crippen LogP contribution in [-0.4, -0.2) is 84.2 Å². The van der Waals surface area contributed by atoms with E-state index in [0.29, 0.717) is 30.5 Å². The number of likely N-dealkylation sites (tertiary alicyclic amines) is 1. The summed E-state index contributed by atoms with van der Waals surface area (Å²) in [7, 11) is 0. The number of alkyl halides is 6. The number of halogens is 6. The Balaban J connectivity index is 1.40. The molecule has 1 N–H and O–H groups in total. The van der Waals surface area contributed by atoms with Gasteiger partial charge in [0.05, 0.1) is 41.2 Å². The molecule has 16 heteroatoms. The third-order valence-corrected chi connectivity index (χ3v) is 8.31. The summed E-state index contributed by atoms with van der Waals surface area (Å²) in [5, 5.41) is 2.70. The monoisotopic (exact) mass is 693 g/mol. The van der Waals surface area contributed by atoms with Crippen LogP contribution in [0.3, 0.4) is 0 Å². The molecule has 1 aromatic heterocycles. The minimum absolute atomic E-state index is 0.00839. The standard InChI is InChI=1S/C33H33F6N5O5/c1-2-48-30(47)41-26-6-3-4-7-27(26)42-16-18-43(19-17-42)29(46)31(49-23-10-8-22(9-11-23)32(34,35)36)13-5-15-44(21-31)28(45)24-20-40-14-12-25(24)33(37,38)39/h3-4,6-12,14,20H,2,5,13,15-19,21H2,1H3,(H,41,47). The van der Waals surface area contributed by atoms with E-state index in [2.05, 4.69) is 10.3 Å². The number of hydrogen-bond acceptors (Lipinski definition) is 7. The van der Waals surface area contributed by atoms with Crippen LogP contribution in [0.1, 0.15) is 41.3 Å². The highest BCUT2D eigenvalue weighted by Gasteiger charge is 2.49. The van der Waals surface area contributed by atoms with Gasteiger partial charge in [-0.25, -0.2) is 4.79 Å². The number of rotatable bonds is 7. The normalized spacial score (nSPS) is 18.6. The Morgan fingerprint density at radius 3 is 2.22 bits per heavy atom. The van der Waals surface area contributed by atoms with Crippen molar-refractivity contribution in [1.29, 1.82) is 0 Å². The van der Waals surface area contributed by atoms with Crippen molar-refractivity contribution in [3.05, 3.63) is 83.7 Å². The van der Waals surface area contributed by atoms with Crippen molar-refractivity contribution in [2.24, 2.45) is 0 Å². The summed E-state index contributed by atoms with van der Waals surface area (Å²) in [5.41, 5.74) is -3.46. The highest BCUT2D eigenvalue weighted by atomic mass is 19.4. The molecular formula is C33H33F6N5O5. The van der Waals surface area contributed by atoms with Crippen molar-refractivity contribution < 1.29 is 50.2 Å². The molecule has 10 nitrogen and oxygen atoms in total. The van der Waals surface area contributed by atoms with Crippen LogP contribution < -0.4 is 15.0 Å². The first-order chi connectivity index (χ1) is 23.2. The SMILES string of the molecule is CCOC(=O)Nc1ccccc1N1CCN(C(=O)C2(Oc3ccc(C(F)(F)F)cc3)CCCN(C(=O)c3cnccc3C(F)(F)F)C2)CC1. The Kier molecular flexibility index (Phi) is 10.2. The van der Waals surface area contributed by atoms with Crippen LogP contribution in [0.4, 0.5) is 42.5 Å². The molecule has 0 radical (unpaired) electrons. The van der Waals surface area contributed by atoms with Gasteiger partial charge in [0.2, 0.25) is 5.60 Å². The number of para-hydroxylation sites is 2. The topological polar surface area (TPSA) is 104 Å². The molecule has 3 aromatic rings. The number of piperazine rings is 1. The van der Waals surface area contributed by atoms with Gasteiger partial charge in [0.25, 0.3) is 11.8 Å². The number of ether oxygens (including phenoxy) is 2. The molecule has 0 spiro atoms. The highest BCUT2D eigenvalue weighted by molar-refractivity contribution is 5.97. The Hall–Kier alpha value is -5.02. The Morgan fingerprint density at radius 1 is 0.878 bits per heavy atom. The molecular weight excluding hydrogens is 660 g/mol. The summed E-state index contributed by atoms with van der Waals surface area (Å²) in [4.78, 5) is 48.2. The second-order valence-electron chi connectivity index (χ2n) is 11.5. The van der Waals surface area contributed by atoms with Crippen LogP contribution >= 0.6 is 0 Å². The first-order valence-electron chi connectivity index (χ1n) is 15.5. The third kappa shape index (κ3) is 8.00. The molecule has 3 amide bonds. The Morgan fingerprint density at radius 2 is 1.57 bits per heavy atom. The van der Waals surface area contributed by atoms with E-state index in [9.17, 15) is 40.7 Å². The lowest BCUT2D eigenvalue weighted by atomic mass is 9.89. The van der Waals surface area contributed by atoms with E-state index in [1.165, 1.54) is 4.90 Å². The number of anilines is 2. The van der Waals surface area contributed by atoms with Gasteiger partial charge >= 0.3 is 18.4 Å². The number of piperidine rings is 1. The minimum Gasteiger partial charge on any atom is -0.476 e. The maximum absolute atomic E-state index is 14.4. The van der Waals surface area contributed by atoms with Gasteiger partial charge in [-0.05, 0) is 62.2 Å². The van der Waals surface area contributed by atoms with Gasteiger partial charge in [0, 0.05) is 45.1 Å². The van der Waals surface area contributed by atoms with Crippen molar-refractivity contribution in [2.75, 3.05) is 56.1 Å². The van der Waals surface area contributed by atoms with E-state index in [4.69, 9.17) is 9.47 Å². The average Bonchev–Trinajstić information content (AvgIpc) is 3.07. The molecule has 2 saturated heterocycles. The quantitative estimate of drug-likeness (QED) is 0.299. The summed E-state index contributed by atoms with van der Waals surface area (Å²) in [5.74, 6) is -1.65. The molecule has 1 atom stereocenters. The Labute approximate surface area is 277 Å². The number of amides is 3. The van der Waals surface area contributed by atoms with Gasteiger partial charge in [-0.2, -0.15) is 26.3 Å². The van der Waals surface area contributed by atoms with Gasteiger partial charge in [-0.15, -0.1) is 0 Å². The largest absolute Gasteiger partial charge is 0.476 e. The zero-order valence-electron chi connectivity index (χ0n) is 26.3. The number of aromatic nitrogens is 1. The summed E-state index contributed by atoms with van der Waals surface area (Å²) < 4.78 is 92.3. The van der Waals surface area contributed by atoms with Crippen LogP contribution in [-0.2, 0) is 21.9 Å². The predicted octanol–water partition coefficient (Wildman–Crippen LogP) is 6.09. The van der Waals surface area contributed by atoms with E-state index >= 15 is 0 Å². The first-order valence-corrected chi connectivity index (χ1v) is 15.5. The molecule has 1 unspecified atom stereocenters. The van der Waals surface area contributed by atoms with Gasteiger partial charge in [-0.1, -0.05) is 12.1 Å². The van der Waals surface area contributed by atoms with E-state index in [0.717, 1.165) is 41.6 Å². The molecule has 0 saturated carbocycles. The van der Waals surface area contributed by atoms with E-state index in [1.54, 1.807) is 31.2 Å². The second kappa shape index (κ2) is 14.2. The Bertz CT molecular complexity index is 1660. The molecule has 2 aliphatic heterocycles. The summed E-state index contributed by atoms with van der Waals surface area (Å²) in [6.07, 6.45) is -8.16.